The minimum absolute atomic E-state index is 0.280. The minimum Gasteiger partial charge on any atom is -0.384 e. The van der Waals surface area contributed by atoms with Gasteiger partial charge in [0.1, 0.15) is 17.4 Å². The Morgan fingerprint density at radius 2 is 1.62 bits per heavy atom. The Labute approximate surface area is 263 Å². The van der Waals surface area contributed by atoms with Crippen molar-refractivity contribution < 1.29 is 9.84 Å². The standard InChI is InChI=1S/C36H39N7O2/c1-5-7-17-33-38-32-22-31(34(44)28-13-9-8-10-14-28)24(3)37-36(32)42(33)23-26-18-20-27(21-19-26)29-15-11-12-16-30(29)35-39-40-41-43(35)25(4)45-6-2/h8-16,18-22,25,34,44H,5-7,17,23H2,1-4H3. The van der Waals surface area contributed by atoms with Crippen LogP contribution in [0.4, 0.5) is 0 Å². The number of imidazole rings is 1. The van der Waals surface area contributed by atoms with Crippen molar-refractivity contribution in [1.29, 1.82) is 0 Å². The molecule has 2 unspecified atom stereocenters. The first-order valence-corrected chi connectivity index (χ1v) is 15.7. The van der Waals surface area contributed by atoms with Gasteiger partial charge in [-0.3, -0.25) is 0 Å². The molecule has 0 saturated heterocycles. The van der Waals surface area contributed by atoms with Gasteiger partial charge in [0.15, 0.2) is 17.7 Å². The Morgan fingerprint density at radius 3 is 2.36 bits per heavy atom. The third-order valence-corrected chi connectivity index (χ3v) is 8.21. The summed E-state index contributed by atoms with van der Waals surface area (Å²) in [6, 6.07) is 28.5. The van der Waals surface area contributed by atoms with Crippen molar-refractivity contribution in [2.75, 3.05) is 6.61 Å². The van der Waals surface area contributed by atoms with E-state index in [1.807, 2.05) is 75.4 Å². The molecule has 0 fully saturated rings. The van der Waals surface area contributed by atoms with Crippen LogP contribution in [0.15, 0.2) is 84.9 Å². The van der Waals surface area contributed by atoms with E-state index in [0.29, 0.717) is 19.0 Å². The lowest BCUT2D eigenvalue weighted by Gasteiger charge is -2.15. The Hall–Kier alpha value is -4.73. The molecule has 9 nitrogen and oxygen atoms in total. The summed E-state index contributed by atoms with van der Waals surface area (Å²) in [4.78, 5) is 10.0. The summed E-state index contributed by atoms with van der Waals surface area (Å²) in [5, 5.41) is 23.6. The molecule has 3 aromatic heterocycles. The van der Waals surface area contributed by atoms with Crippen LogP contribution in [0.5, 0.6) is 0 Å². The van der Waals surface area contributed by atoms with Crippen molar-refractivity contribution in [1.82, 2.24) is 34.7 Å². The van der Waals surface area contributed by atoms with E-state index in [2.05, 4.69) is 57.3 Å². The molecule has 230 valence electrons. The SMILES string of the molecule is CCCCc1nc2cc(C(O)c3ccccc3)c(C)nc2n1Cc1ccc(-c2ccccc2-c2nnnn2C(C)OCC)cc1. The molecule has 3 heterocycles. The maximum Gasteiger partial charge on any atom is 0.185 e. The predicted molar refractivity (Wildman–Crippen MR) is 176 cm³/mol. The van der Waals surface area contributed by atoms with Gasteiger partial charge >= 0.3 is 0 Å². The van der Waals surface area contributed by atoms with Crippen LogP contribution in [0.3, 0.4) is 0 Å². The zero-order chi connectivity index (χ0) is 31.3. The van der Waals surface area contributed by atoms with Gasteiger partial charge in [0.05, 0.1) is 6.54 Å². The van der Waals surface area contributed by atoms with Crippen LogP contribution >= 0.6 is 0 Å². The van der Waals surface area contributed by atoms with Gasteiger partial charge in [-0.05, 0) is 65.9 Å². The number of aromatic nitrogens is 7. The van der Waals surface area contributed by atoms with E-state index >= 15 is 0 Å². The number of aliphatic hydroxyl groups is 1. The predicted octanol–water partition coefficient (Wildman–Crippen LogP) is 7.09. The summed E-state index contributed by atoms with van der Waals surface area (Å²) in [6.45, 7) is 9.27. The molecule has 0 spiro atoms. The summed E-state index contributed by atoms with van der Waals surface area (Å²) < 4.78 is 9.71. The molecule has 3 aromatic carbocycles. The number of unbranched alkanes of at least 4 members (excludes halogenated alkanes) is 1. The van der Waals surface area contributed by atoms with Crippen LogP contribution in [0.1, 0.15) is 74.2 Å². The summed E-state index contributed by atoms with van der Waals surface area (Å²) in [6.07, 6.45) is 1.95. The highest BCUT2D eigenvalue weighted by Gasteiger charge is 2.20. The monoisotopic (exact) mass is 601 g/mol. The van der Waals surface area contributed by atoms with Crippen LogP contribution in [0.25, 0.3) is 33.7 Å². The number of tetrazole rings is 1. The molecule has 6 aromatic rings. The average molecular weight is 602 g/mol. The van der Waals surface area contributed by atoms with Gasteiger partial charge in [-0.25, -0.2) is 9.97 Å². The van der Waals surface area contributed by atoms with Crippen LogP contribution in [0, 0.1) is 6.92 Å². The van der Waals surface area contributed by atoms with Crippen molar-refractivity contribution >= 4 is 11.2 Å². The molecule has 0 aliphatic heterocycles. The average Bonchev–Trinajstić information content (AvgIpc) is 3.69. The van der Waals surface area contributed by atoms with Crippen molar-refractivity contribution in [3.63, 3.8) is 0 Å². The lowest BCUT2D eigenvalue weighted by atomic mass is 9.98. The summed E-state index contributed by atoms with van der Waals surface area (Å²) >= 11 is 0. The number of nitrogens with zero attached hydrogens (tertiary/aromatic N) is 7. The molecular formula is C36H39N7O2. The van der Waals surface area contributed by atoms with E-state index in [9.17, 15) is 5.11 Å². The van der Waals surface area contributed by atoms with E-state index < -0.39 is 6.10 Å². The smallest absolute Gasteiger partial charge is 0.185 e. The van der Waals surface area contributed by atoms with Gasteiger partial charge in [0.2, 0.25) is 0 Å². The van der Waals surface area contributed by atoms with Gasteiger partial charge in [0, 0.05) is 29.8 Å². The third kappa shape index (κ3) is 6.27. The molecule has 45 heavy (non-hydrogen) atoms. The molecule has 0 aliphatic carbocycles. The highest BCUT2D eigenvalue weighted by Crippen LogP contribution is 2.33. The second-order valence-corrected chi connectivity index (χ2v) is 11.3. The van der Waals surface area contributed by atoms with Crippen LogP contribution in [-0.2, 0) is 17.7 Å². The number of ether oxygens (including phenoxy) is 1. The second kappa shape index (κ2) is 13.5. The van der Waals surface area contributed by atoms with Crippen molar-refractivity contribution in [3.8, 4) is 22.5 Å². The normalized spacial score (nSPS) is 12.9. The molecule has 0 radical (unpaired) electrons. The van der Waals surface area contributed by atoms with Crippen LogP contribution in [-0.4, -0.2) is 46.5 Å². The first kappa shape index (κ1) is 30.3. The van der Waals surface area contributed by atoms with E-state index in [-0.39, 0.29) is 6.23 Å². The van der Waals surface area contributed by atoms with Crippen LogP contribution in [0.2, 0.25) is 0 Å². The molecule has 9 heteroatoms. The van der Waals surface area contributed by atoms with E-state index in [1.165, 1.54) is 0 Å². The zero-order valence-electron chi connectivity index (χ0n) is 26.3. The summed E-state index contributed by atoms with van der Waals surface area (Å²) in [5.74, 6) is 1.68. The number of hydrogen-bond donors (Lipinski definition) is 1. The fraction of sp³-hybridized carbons (Fsp3) is 0.306. The topological polar surface area (TPSA) is 104 Å². The lowest BCUT2D eigenvalue weighted by Crippen LogP contribution is -2.12. The Balaban J connectivity index is 1.32. The minimum atomic E-state index is -0.755. The van der Waals surface area contributed by atoms with Gasteiger partial charge in [-0.15, -0.1) is 5.10 Å². The summed E-state index contributed by atoms with van der Waals surface area (Å²) in [7, 11) is 0. The molecule has 2 atom stereocenters. The number of pyridine rings is 1. The quantitative estimate of drug-likeness (QED) is 0.160. The summed E-state index contributed by atoms with van der Waals surface area (Å²) in [5.41, 5.74) is 8.28. The van der Waals surface area contributed by atoms with E-state index in [0.717, 1.165) is 75.3 Å². The first-order chi connectivity index (χ1) is 22.0. The third-order valence-electron chi connectivity index (χ3n) is 8.21. The van der Waals surface area contributed by atoms with E-state index in [4.69, 9.17) is 14.7 Å². The molecule has 1 N–H and O–H groups in total. The number of fused-ring (bicyclic) bond motifs is 1. The van der Waals surface area contributed by atoms with E-state index in [1.54, 1.807) is 4.68 Å². The number of hydrogen-bond acceptors (Lipinski definition) is 7. The number of aliphatic hydroxyl groups excluding tert-OH is 1. The van der Waals surface area contributed by atoms with Gasteiger partial charge < -0.3 is 14.4 Å². The lowest BCUT2D eigenvalue weighted by molar-refractivity contribution is 0.0159. The maximum absolute atomic E-state index is 11.2. The number of benzene rings is 3. The van der Waals surface area contributed by atoms with Gasteiger partial charge in [-0.2, -0.15) is 4.68 Å². The molecular weight excluding hydrogens is 562 g/mol. The van der Waals surface area contributed by atoms with Gasteiger partial charge in [0.25, 0.3) is 0 Å². The largest absolute Gasteiger partial charge is 0.384 e. The fourth-order valence-electron chi connectivity index (χ4n) is 5.81. The fourth-order valence-corrected chi connectivity index (χ4v) is 5.81. The number of aryl methyl sites for hydroxylation is 2. The molecule has 0 saturated carbocycles. The Bertz CT molecular complexity index is 1880. The molecule has 6 rings (SSSR count). The van der Waals surface area contributed by atoms with Gasteiger partial charge in [-0.1, -0.05) is 92.2 Å². The van der Waals surface area contributed by atoms with Crippen molar-refractivity contribution in [2.24, 2.45) is 0 Å². The zero-order valence-corrected chi connectivity index (χ0v) is 26.3. The molecule has 0 aliphatic rings. The second-order valence-electron chi connectivity index (χ2n) is 11.3. The van der Waals surface area contributed by atoms with Crippen molar-refractivity contribution in [3.05, 3.63) is 113 Å². The molecule has 0 bridgehead atoms. The highest BCUT2D eigenvalue weighted by atomic mass is 16.5. The Morgan fingerprint density at radius 1 is 0.889 bits per heavy atom. The highest BCUT2D eigenvalue weighted by molar-refractivity contribution is 5.80. The van der Waals surface area contributed by atoms with Crippen LogP contribution < -0.4 is 0 Å². The number of rotatable bonds is 12. The Kier molecular flexibility index (Phi) is 9.09. The maximum atomic E-state index is 11.2. The molecule has 0 amide bonds. The first-order valence-electron chi connectivity index (χ1n) is 15.7. The van der Waals surface area contributed by atoms with Crippen molar-refractivity contribution in [2.45, 2.75) is 65.8 Å².